The van der Waals surface area contributed by atoms with Gasteiger partial charge in [0.1, 0.15) is 5.78 Å². The fourth-order valence-electron chi connectivity index (χ4n) is 4.45. The summed E-state index contributed by atoms with van der Waals surface area (Å²) in [6.07, 6.45) is 5.79. The van der Waals surface area contributed by atoms with E-state index < -0.39 is 0 Å². The van der Waals surface area contributed by atoms with Gasteiger partial charge in [-0.25, -0.2) is 0 Å². The summed E-state index contributed by atoms with van der Waals surface area (Å²) in [6, 6.07) is 0. The van der Waals surface area contributed by atoms with Gasteiger partial charge in [-0.2, -0.15) is 0 Å². The van der Waals surface area contributed by atoms with Crippen LogP contribution >= 0.6 is 0 Å². The van der Waals surface area contributed by atoms with E-state index in [1.165, 1.54) is 19.3 Å². The quantitative estimate of drug-likeness (QED) is 0.576. The molecule has 1 nitrogen and oxygen atoms in total. The van der Waals surface area contributed by atoms with Crippen LogP contribution in [0, 0.1) is 29.1 Å². The van der Waals surface area contributed by atoms with E-state index in [2.05, 4.69) is 13.8 Å². The van der Waals surface area contributed by atoms with Crippen molar-refractivity contribution in [1.82, 2.24) is 0 Å². The van der Waals surface area contributed by atoms with Crippen LogP contribution in [0.25, 0.3) is 0 Å². The first-order chi connectivity index (χ1) is 6.59. The monoisotopic (exact) mass is 192 g/mol. The molecular weight excluding hydrogens is 172 g/mol. The largest absolute Gasteiger partial charge is 0.300 e. The fraction of sp³-hybridized carbons (Fsp3) is 0.923. The van der Waals surface area contributed by atoms with Crippen LogP contribution in [0.4, 0.5) is 0 Å². The first kappa shape index (κ1) is 8.94. The van der Waals surface area contributed by atoms with E-state index in [4.69, 9.17) is 0 Å². The van der Waals surface area contributed by atoms with E-state index in [1.54, 1.807) is 0 Å². The van der Waals surface area contributed by atoms with Crippen LogP contribution in [0.5, 0.6) is 0 Å². The molecule has 0 aromatic rings. The van der Waals surface area contributed by atoms with Crippen molar-refractivity contribution < 1.29 is 4.79 Å². The number of hydrogen-bond donors (Lipinski definition) is 0. The highest BCUT2D eigenvalue weighted by atomic mass is 16.1. The van der Waals surface area contributed by atoms with Crippen molar-refractivity contribution in [1.29, 1.82) is 0 Å². The maximum absolute atomic E-state index is 11.4. The molecule has 1 heteroatoms. The molecule has 0 aromatic carbocycles. The molecule has 0 unspecified atom stereocenters. The topological polar surface area (TPSA) is 17.1 Å². The van der Waals surface area contributed by atoms with E-state index >= 15 is 0 Å². The van der Waals surface area contributed by atoms with Gasteiger partial charge in [0.25, 0.3) is 0 Å². The summed E-state index contributed by atoms with van der Waals surface area (Å²) < 4.78 is 0. The van der Waals surface area contributed by atoms with Gasteiger partial charge < -0.3 is 0 Å². The van der Waals surface area contributed by atoms with Gasteiger partial charge >= 0.3 is 0 Å². The number of ketones is 1. The Labute approximate surface area is 86.3 Å². The molecule has 0 radical (unpaired) electrons. The third-order valence-electron chi connectivity index (χ3n) is 5.50. The molecule has 4 aliphatic carbocycles. The van der Waals surface area contributed by atoms with E-state index in [0.29, 0.717) is 11.2 Å². The maximum atomic E-state index is 11.4. The molecule has 4 saturated carbocycles. The molecule has 14 heavy (non-hydrogen) atoms. The Balaban J connectivity index is 1.82. The molecule has 4 fully saturated rings. The molecule has 4 aliphatic rings. The molecule has 0 amide bonds. The highest BCUT2D eigenvalue weighted by Crippen LogP contribution is 2.65. The second kappa shape index (κ2) is 2.62. The number of carbonyl (C=O) groups is 1. The second-order valence-electron chi connectivity index (χ2n) is 6.30. The predicted octanol–water partition coefficient (Wildman–Crippen LogP) is 3.04. The first-order valence-electron chi connectivity index (χ1n) is 6.10. The minimum Gasteiger partial charge on any atom is -0.300 e. The molecule has 2 bridgehead atoms. The summed E-state index contributed by atoms with van der Waals surface area (Å²) in [7, 11) is 0. The van der Waals surface area contributed by atoms with Crippen molar-refractivity contribution in [3.8, 4) is 0 Å². The fourth-order valence-corrected chi connectivity index (χ4v) is 4.45. The van der Waals surface area contributed by atoms with Gasteiger partial charge in [-0.05, 0) is 48.3 Å². The number of carbonyl (C=O) groups excluding carboxylic acids is 1. The average Bonchev–Trinajstić information content (AvgIpc) is 2.16. The van der Waals surface area contributed by atoms with E-state index in [0.717, 1.165) is 36.5 Å². The molecule has 4 rings (SSSR count). The van der Waals surface area contributed by atoms with E-state index in [1.807, 2.05) is 0 Å². The van der Waals surface area contributed by atoms with Gasteiger partial charge in [-0.15, -0.1) is 0 Å². The lowest BCUT2D eigenvalue weighted by Gasteiger charge is -2.63. The highest BCUT2D eigenvalue weighted by Gasteiger charge is 2.58. The van der Waals surface area contributed by atoms with E-state index in [9.17, 15) is 4.79 Å². The lowest BCUT2D eigenvalue weighted by molar-refractivity contribution is -0.154. The van der Waals surface area contributed by atoms with Crippen LogP contribution in [0.1, 0.15) is 46.0 Å². The summed E-state index contributed by atoms with van der Waals surface area (Å²) >= 11 is 0. The van der Waals surface area contributed by atoms with Gasteiger partial charge in [0.05, 0.1) is 0 Å². The van der Waals surface area contributed by atoms with Gasteiger partial charge in [-0.3, -0.25) is 4.79 Å². The molecule has 0 aliphatic heterocycles. The number of rotatable bonds is 0. The van der Waals surface area contributed by atoms with Crippen molar-refractivity contribution in [2.75, 3.05) is 0 Å². The predicted molar refractivity (Wildman–Crippen MR) is 55.8 cm³/mol. The van der Waals surface area contributed by atoms with Gasteiger partial charge in [0.15, 0.2) is 0 Å². The van der Waals surface area contributed by atoms with Crippen molar-refractivity contribution in [3.63, 3.8) is 0 Å². The highest BCUT2D eigenvalue weighted by molar-refractivity contribution is 5.79. The third kappa shape index (κ3) is 0.988. The SMILES string of the molecule is CC1(C)[C@@H]2C[C@@H]3CC(=O)CC[C@H]3[C@H]1C2. The summed E-state index contributed by atoms with van der Waals surface area (Å²) in [5, 5.41) is 0. The zero-order chi connectivity index (χ0) is 9.92. The molecular formula is C13H20O. The van der Waals surface area contributed by atoms with E-state index in [-0.39, 0.29) is 0 Å². The smallest absolute Gasteiger partial charge is 0.133 e. The molecule has 0 heterocycles. The first-order valence-corrected chi connectivity index (χ1v) is 6.10. The summed E-state index contributed by atoms with van der Waals surface area (Å²) in [6.45, 7) is 4.89. The molecule has 0 N–H and O–H groups in total. The van der Waals surface area contributed by atoms with Crippen molar-refractivity contribution in [2.45, 2.75) is 46.0 Å². The zero-order valence-electron chi connectivity index (χ0n) is 9.25. The second-order valence-corrected chi connectivity index (χ2v) is 6.30. The lowest BCUT2D eigenvalue weighted by atomic mass is 9.41. The van der Waals surface area contributed by atoms with Gasteiger partial charge in [-0.1, -0.05) is 13.8 Å². The minimum absolute atomic E-state index is 0.533. The molecule has 78 valence electrons. The van der Waals surface area contributed by atoms with Crippen LogP contribution in [0.2, 0.25) is 0 Å². The van der Waals surface area contributed by atoms with Crippen molar-refractivity contribution in [2.24, 2.45) is 29.1 Å². The number of Topliss-reactive ketones (excluding diaryl/α,β-unsaturated/α-hetero) is 1. The average molecular weight is 192 g/mol. The van der Waals surface area contributed by atoms with Crippen LogP contribution in [0.3, 0.4) is 0 Å². The van der Waals surface area contributed by atoms with Crippen LogP contribution in [-0.2, 0) is 4.79 Å². The maximum Gasteiger partial charge on any atom is 0.133 e. The van der Waals surface area contributed by atoms with Crippen LogP contribution in [0.15, 0.2) is 0 Å². The van der Waals surface area contributed by atoms with Crippen molar-refractivity contribution in [3.05, 3.63) is 0 Å². The summed E-state index contributed by atoms with van der Waals surface area (Å²) in [5.74, 6) is 4.07. The normalized spacial score (nSPS) is 49.4. The van der Waals surface area contributed by atoms with Gasteiger partial charge in [0, 0.05) is 12.8 Å². The van der Waals surface area contributed by atoms with Crippen LogP contribution < -0.4 is 0 Å². The third-order valence-corrected chi connectivity index (χ3v) is 5.50. The standard InChI is InChI=1S/C13H20O/c1-13(2)9-5-8-6-10(14)3-4-11(8)12(13)7-9/h8-9,11-12H,3-7H2,1-2H3/t8-,9-,11-,12-/m1/s1. The Hall–Kier alpha value is -0.330. The molecule has 0 spiro atoms. The van der Waals surface area contributed by atoms with Crippen molar-refractivity contribution >= 4 is 5.78 Å². The Morgan fingerprint density at radius 1 is 1.29 bits per heavy atom. The Morgan fingerprint density at radius 2 is 2.07 bits per heavy atom. The summed E-state index contributed by atoms with van der Waals surface area (Å²) in [5.41, 5.74) is 0.599. The van der Waals surface area contributed by atoms with Crippen LogP contribution in [-0.4, -0.2) is 5.78 Å². The Morgan fingerprint density at radius 3 is 2.79 bits per heavy atom. The Bertz CT molecular complexity index is 279. The zero-order valence-corrected chi connectivity index (χ0v) is 9.25. The minimum atomic E-state index is 0.533. The Kier molecular flexibility index (Phi) is 1.67. The number of hydrogen-bond acceptors (Lipinski definition) is 1. The molecule has 0 saturated heterocycles. The molecule has 0 aromatic heterocycles. The lowest BCUT2D eigenvalue weighted by Crippen LogP contribution is -2.56. The molecule has 4 atom stereocenters. The van der Waals surface area contributed by atoms with Gasteiger partial charge in [0.2, 0.25) is 0 Å². The summed E-state index contributed by atoms with van der Waals surface area (Å²) in [4.78, 5) is 11.4.